The lowest BCUT2D eigenvalue weighted by molar-refractivity contribution is -0.137. The third-order valence-corrected chi connectivity index (χ3v) is 8.29. The highest BCUT2D eigenvalue weighted by molar-refractivity contribution is 6.05. The van der Waals surface area contributed by atoms with E-state index in [9.17, 15) is 19.5 Å². The van der Waals surface area contributed by atoms with Gasteiger partial charge in [-0.1, -0.05) is 20.8 Å². The van der Waals surface area contributed by atoms with E-state index >= 15 is 4.39 Å². The van der Waals surface area contributed by atoms with Crippen LogP contribution >= 0.6 is 0 Å². The van der Waals surface area contributed by atoms with Gasteiger partial charge in [-0.2, -0.15) is 0 Å². The summed E-state index contributed by atoms with van der Waals surface area (Å²) in [6, 6.07) is 0.969. The van der Waals surface area contributed by atoms with Crippen molar-refractivity contribution in [3.05, 3.63) is 34.1 Å². The highest BCUT2D eigenvalue weighted by Crippen LogP contribution is 2.58. The SMILES string of the molecule is CCC12Cc3cc4c(c(F)c3[C@]1(O)CCN(CC(C)C)C2)CN(C1CCC(=O)NC1=O)C4=O. The van der Waals surface area contributed by atoms with Crippen LogP contribution in [0, 0.1) is 17.2 Å². The van der Waals surface area contributed by atoms with Crippen LogP contribution < -0.4 is 5.32 Å². The van der Waals surface area contributed by atoms with E-state index in [0.29, 0.717) is 49.4 Å². The summed E-state index contributed by atoms with van der Waals surface area (Å²) >= 11 is 0. The monoisotopic (exact) mass is 457 g/mol. The summed E-state index contributed by atoms with van der Waals surface area (Å²) < 4.78 is 16.1. The van der Waals surface area contributed by atoms with Crippen molar-refractivity contribution in [2.24, 2.45) is 11.3 Å². The molecule has 33 heavy (non-hydrogen) atoms. The normalized spacial score (nSPS) is 31.6. The van der Waals surface area contributed by atoms with E-state index in [1.807, 2.05) is 0 Å². The summed E-state index contributed by atoms with van der Waals surface area (Å²) in [5.74, 6) is -1.24. The molecule has 7 nitrogen and oxygen atoms in total. The third kappa shape index (κ3) is 3.17. The highest BCUT2D eigenvalue weighted by atomic mass is 19.1. The molecular formula is C25H32FN3O4. The minimum atomic E-state index is -1.27. The zero-order chi connectivity index (χ0) is 23.7. The second-order valence-electron chi connectivity index (χ2n) is 10.7. The second-order valence-corrected chi connectivity index (χ2v) is 10.7. The van der Waals surface area contributed by atoms with Gasteiger partial charge in [-0.25, -0.2) is 4.39 Å². The lowest BCUT2D eigenvalue weighted by Gasteiger charge is -2.50. The standard InChI is InChI=1S/C25H32FN3O4/c1-4-24-10-15-9-16-17(12-29(23(16)32)18-5-6-19(30)27-22(18)31)21(26)20(15)25(24,33)7-8-28(13-24)11-14(2)3/h9,14,18,33H,4-8,10-13H2,1-3H3,(H,27,30,31)/t18?,24?,25-/m1/s1. The summed E-state index contributed by atoms with van der Waals surface area (Å²) in [4.78, 5) is 40.8. The number of imide groups is 1. The molecule has 2 unspecified atom stereocenters. The molecule has 0 saturated carbocycles. The summed E-state index contributed by atoms with van der Waals surface area (Å²) in [7, 11) is 0. The molecule has 8 heteroatoms. The Balaban J connectivity index is 1.50. The van der Waals surface area contributed by atoms with Crippen LogP contribution in [0.15, 0.2) is 6.07 Å². The molecule has 3 atom stereocenters. The maximum absolute atomic E-state index is 16.1. The van der Waals surface area contributed by atoms with Gasteiger partial charge in [0.15, 0.2) is 0 Å². The number of halogens is 1. The summed E-state index contributed by atoms with van der Waals surface area (Å²) in [6.45, 7) is 8.72. The predicted octanol–water partition coefficient (Wildman–Crippen LogP) is 2.09. The lowest BCUT2D eigenvalue weighted by Crippen LogP contribution is -2.56. The van der Waals surface area contributed by atoms with Crippen molar-refractivity contribution in [3.63, 3.8) is 0 Å². The van der Waals surface area contributed by atoms with Crippen LogP contribution in [0.4, 0.5) is 4.39 Å². The number of nitrogens with one attached hydrogen (secondary N) is 1. The van der Waals surface area contributed by atoms with E-state index in [4.69, 9.17) is 0 Å². The molecule has 2 N–H and O–H groups in total. The van der Waals surface area contributed by atoms with Gasteiger partial charge in [-0.3, -0.25) is 19.7 Å². The van der Waals surface area contributed by atoms with Gasteiger partial charge in [0.05, 0.1) is 6.54 Å². The molecule has 178 valence electrons. The number of carbonyl (C=O) groups is 3. The van der Waals surface area contributed by atoms with Crippen LogP contribution in [0.1, 0.15) is 73.5 Å². The van der Waals surface area contributed by atoms with Crippen molar-refractivity contribution >= 4 is 17.7 Å². The molecule has 2 saturated heterocycles. The summed E-state index contributed by atoms with van der Waals surface area (Å²) in [6.07, 6.45) is 2.09. The number of fused-ring (bicyclic) bond motifs is 4. The second kappa shape index (κ2) is 7.60. The van der Waals surface area contributed by atoms with Crippen molar-refractivity contribution in [1.29, 1.82) is 0 Å². The Morgan fingerprint density at radius 1 is 1.30 bits per heavy atom. The van der Waals surface area contributed by atoms with Crippen LogP contribution in [-0.2, 0) is 28.2 Å². The molecule has 1 aromatic rings. The first kappa shape index (κ1) is 22.5. The number of hydrogen-bond donors (Lipinski definition) is 2. The van der Waals surface area contributed by atoms with Crippen molar-refractivity contribution in [2.45, 2.75) is 71.1 Å². The minimum absolute atomic E-state index is 0.0196. The Morgan fingerprint density at radius 3 is 2.73 bits per heavy atom. The van der Waals surface area contributed by atoms with Gasteiger partial charge in [0.25, 0.3) is 5.91 Å². The highest BCUT2D eigenvalue weighted by Gasteiger charge is 2.60. The van der Waals surface area contributed by atoms with E-state index in [1.165, 1.54) is 4.90 Å². The predicted molar refractivity (Wildman–Crippen MR) is 119 cm³/mol. The zero-order valence-corrected chi connectivity index (χ0v) is 19.5. The van der Waals surface area contributed by atoms with Gasteiger partial charge in [0.1, 0.15) is 17.5 Å². The number of benzene rings is 1. The minimum Gasteiger partial charge on any atom is -0.384 e. The Labute approximate surface area is 193 Å². The van der Waals surface area contributed by atoms with Crippen LogP contribution in [-0.4, -0.2) is 58.3 Å². The summed E-state index contributed by atoms with van der Waals surface area (Å²) in [5, 5.41) is 14.2. The first-order valence-corrected chi connectivity index (χ1v) is 12.0. The molecule has 5 rings (SSSR count). The average molecular weight is 458 g/mol. The number of rotatable bonds is 4. The largest absolute Gasteiger partial charge is 0.384 e. The van der Waals surface area contributed by atoms with E-state index in [0.717, 1.165) is 6.54 Å². The number of nitrogens with zero attached hydrogens (tertiary/aromatic N) is 2. The number of aliphatic hydroxyl groups is 1. The van der Waals surface area contributed by atoms with Crippen molar-refractivity contribution in [2.75, 3.05) is 19.6 Å². The van der Waals surface area contributed by atoms with Crippen molar-refractivity contribution < 1.29 is 23.9 Å². The molecule has 0 bridgehead atoms. The molecule has 1 aromatic carbocycles. The zero-order valence-electron chi connectivity index (χ0n) is 19.5. The Kier molecular flexibility index (Phi) is 5.17. The Bertz CT molecular complexity index is 1060. The molecule has 2 fully saturated rings. The van der Waals surface area contributed by atoms with E-state index in [2.05, 4.69) is 31.0 Å². The van der Waals surface area contributed by atoms with Crippen LogP contribution in [0.5, 0.6) is 0 Å². The molecule has 3 aliphatic heterocycles. The fourth-order valence-electron chi connectivity index (χ4n) is 6.68. The van der Waals surface area contributed by atoms with Gasteiger partial charge in [-0.05, 0) is 43.2 Å². The number of piperidine rings is 2. The van der Waals surface area contributed by atoms with Crippen molar-refractivity contribution in [1.82, 2.24) is 15.1 Å². The van der Waals surface area contributed by atoms with E-state index in [1.54, 1.807) is 6.07 Å². The van der Waals surface area contributed by atoms with Crippen LogP contribution in [0.25, 0.3) is 0 Å². The first-order chi connectivity index (χ1) is 15.6. The molecular weight excluding hydrogens is 425 g/mol. The molecule has 3 heterocycles. The Morgan fingerprint density at radius 2 is 2.06 bits per heavy atom. The Hall–Kier alpha value is -2.32. The van der Waals surface area contributed by atoms with Crippen molar-refractivity contribution in [3.8, 4) is 0 Å². The molecule has 1 aliphatic carbocycles. The number of carbonyl (C=O) groups excluding carboxylic acids is 3. The van der Waals surface area contributed by atoms with Crippen LogP contribution in [0.2, 0.25) is 0 Å². The quantitative estimate of drug-likeness (QED) is 0.676. The number of hydrogen-bond acceptors (Lipinski definition) is 5. The van der Waals surface area contributed by atoms with Gasteiger partial charge in [0.2, 0.25) is 11.8 Å². The van der Waals surface area contributed by atoms with Gasteiger partial charge in [0, 0.05) is 48.2 Å². The van der Waals surface area contributed by atoms with Crippen LogP contribution in [0.3, 0.4) is 0 Å². The topological polar surface area (TPSA) is 89.9 Å². The molecule has 0 spiro atoms. The maximum Gasteiger partial charge on any atom is 0.255 e. The van der Waals surface area contributed by atoms with E-state index in [-0.39, 0.29) is 42.3 Å². The summed E-state index contributed by atoms with van der Waals surface area (Å²) in [5.41, 5.74) is -0.151. The van der Waals surface area contributed by atoms with Gasteiger partial charge in [-0.15, -0.1) is 0 Å². The number of likely N-dealkylation sites (tertiary alicyclic amines) is 1. The molecule has 0 radical (unpaired) electrons. The molecule has 3 amide bonds. The van der Waals surface area contributed by atoms with Gasteiger partial charge >= 0.3 is 0 Å². The van der Waals surface area contributed by atoms with E-state index < -0.39 is 28.8 Å². The fraction of sp³-hybridized carbons (Fsp3) is 0.640. The molecule has 0 aromatic heterocycles. The molecule has 4 aliphatic rings. The maximum atomic E-state index is 16.1. The van der Waals surface area contributed by atoms with Gasteiger partial charge < -0.3 is 14.9 Å². The third-order valence-electron chi connectivity index (χ3n) is 8.29. The fourth-order valence-corrected chi connectivity index (χ4v) is 6.68. The average Bonchev–Trinajstić information content (AvgIpc) is 3.20. The lowest BCUT2D eigenvalue weighted by atomic mass is 9.66. The smallest absolute Gasteiger partial charge is 0.255 e. The first-order valence-electron chi connectivity index (χ1n) is 12.0. The number of amides is 3.